The first kappa shape index (κ1) is 17.2. The Morgan fingerprint density at radius 1 is 1.12 bits per heavy atom. The topological polar surface area (TPSA) is 65.1 Å². The molecule has 0 saturated carbocycles. The lowest BCUT2D eigenvalue weighted by Crippen LogP contribution is -2.29. The second kappa shape index (κ2) is 6.48. The Bertz CT molecular complexity index is 941. The predicted molar refractivity (Wildman–Crippen MR) is 96.4 cm³/mol. The van der Waals surface area contributed by atoms with Crippen LogP contribution >= 0.6 is 0 Å². The van der Waals surface area contributed by atoms with E-state index in [4.69, 9.17) is 14.2 Å². The van der Waals surface area contributed by atoms with Gasteiger partial charge < -0.3 is 14.2 Å². The van der Waals surface area contributed by atoms with Gasteiger partial charge in [0.2, 0.25) is 16.8 Å². The summed E-state index contributed by atoms with van der Waals surface area (Å²) < 4.78 is 43.9. The van der Waals surface area contributed by atoms with Crippen LogP contribution in [0, 0.1) is 6.92 Å². The van der Waals surface area contributed by atoms with Crippen LogP contribution < -0.4 is 14.2 Å². The quantitative estimate of drug-likeness (QED) is 0.822. The molecular formula is C19H21NO5S. The number of fused-ring (bicyclic) bond motifs is 1. The highest BCUT2D eigenvalue weighted by Crippen LogP contribution is 2.39. The van der Waals surface area contributed by atoms with Gasteiger partial charge in [-0.1, -0.05) is 12.1 Å². The standard InChI is InChI=1S/C19H21NO5S/c1-13-3-5-17(23-2)19(9-13)26(21,22)20-8-7-15(11-20)14-4-6-16-18(10-14)25-12-24-16/h3-6,9-10,15H,7-8,11-12H2,1-2H3. The van der Waals surface area contributed by atoms with Crippen molar-refractivity contribution in [1.82, 2.24) is 4.31 Å². The summed E-state index contributed by atoms with van der Waals surface area (Å²) in [6.07, 6.45) is 0.771. The van der Waals surface area contributed by atoms with E-state index in [0.29, 0.717) is 18.8 Å². The van der Waals surface area contributed by atoms with Gasteiger partial charge in [-0.2, -0.15) is 4.31 Å². The van der Waals surface area contributed by atoms with Crippen LogP contribution in [0.5, 0.6) is 17.2 Å². The number of hydrogen-bond donors (Lipinski definition) is 0. The molecule has 0 aliphatic carbocycles. The molecule has 26 heavy (non-hydrogen) atoms. The monoisotopic (exact) mass is 375 g/mol. The summed E-state index contributed by atoms with van der Waals surface area (Å²) in [5.41, 5.74) is 1.96. The highest BCUT2D eigenvalue weighted by Gasteiger charge is 2.35. The fourth-order valence-corrected chi connectivity index (χ4v) is 5.25. The maximum Gasteiger partial charge on any atom is 0.246 e. The average Bonchev–Trinajstić information content (AvgIpc) is 3.30. The SMILES string of the molecule is COc1ccc(C)cc1S(=O)(=O)N1CCC(c2ccc3c(c2)OCO3)C1. The van der Waals surface area contributed by atoms with E-state index in [1.807, 2.05) is 31.2 Å². The molecule has 7 heteroatoms. The fraction of sp³-hybridized carbons (Fsp3) is 0.368. The van der Waals surface area contributed by atoms with Gasteiger partial charge in [-0.3, -0.25) is 0 Å². The third-order valence-electron chi connectivity index (χ3n) is 4.96. The van der Waals surface area contributed by atoms with Gasteiger partial charge in [0, 0.05) is 13.1 Å². The largest absolute Gasteiger partial charge is 0.495 e. The maximum atomic E-state index is 13.1. The zero-order chi connectivity index (χ0) is 18.3. The molecular weight excluding hydrogens is 354 g/mol. The molecule has 2 aliphatic rings. The Kier molecular flexibility index (Phi) is 4.28. The summed E-state index contributed by atoms with van der Waals surface area (Å²) in [6, 6.07) is 11.0. The van der Waals surface area contributed by atoms with Crippen LogP contribution in [0.2, 0.25) is 0 Å². The summed E-state index contributed by atoms with van der Waals surface area (Å²) in [6.45, 7) is 3.03. The zero-order valence-corrected chi connectivity index (χ0v) is 15.6. The number of methoxy groups -OCH3 is 1. The number of nitrogens with zero attached hydrogens (tertiary/aromatic N) is 1. The third kappa shape index (κ3) is 2.91. The van der Waals surface area contributed by atoms with Gasteiger partial charge in [-0.05, 0) is 54.7 Å². The van der Waals surface area contributed by atoms with Crippen LogP contribution in [-0.4, -0.2) is 39.7 Å². The molecule has 1 unspecified atom stereocenters. The lowest BCUT2D eigenvalue weighted by Gasteiger charge is -2.19. The molecule has 2 aliphatic heterocycles. The first-order chi connectivity index (χ1) is 12.5. The van der Waals surface area contributed by atoms with Gasteiger partial charge in [0.05, 0.1) is 7.11 Å². The molecule has 0 aromatic heterocycles. The normalized spacial score (nSPS) is 19.7. The van der Waals surface area contributed by atoms with Crippen LogP contribution in [0.15, 0.2) is 41.3 Å². The Labute approximate surface area is 153 Å². The second-order valence-electron chi connectivity index (χ2n) is 6.62. The van der Waals surface area contributed by atoms with E-state index in [2.05, 4.69) is 0 Å². The van der Waals surface area contributed by atoms with E-state index in [0.717, 1.165) is 29.0 Å². The fourth-order valence-electron chi connectivity index (χ4n) is 3.51. The maximum absolute atomic E-state index is 13.1. The lowest BCUT2D eigenvalue weighted by molar-refractivity contribution is 0.174. The van der Waals surface area contributed by atoms with Crippen molar-refractivity contribution in [3.63, 3.8) is 0 Å². The van der Waals surface area contributed by atoms with Crippen LogP contribution in [0.3, 0.4) is 0 Å². The van der Waals surface area contributed by atoms with Crippen LogP contribution in [0.4, 0.5) is 0 Å². The van der Waals surface area contributed by atoms with Gasteiger partial charge >= 0.3 is 0 Å². The number of aryl methyl sites for hydroxylation is 1. The minimum atomic E-state index is -3.60. The van der Waals surface area contributed by atoms with Crippen LogP contribution in [0.1, 0.15) is 23.5 Å². The first-order valence-electron chi connectivity index (χ1n) is 8.53. The van der Waals surface area contributed by atoms with E-state index < -0.39 is 10.0 Å². The Hall–Kier alpha value is -2.25. The summed E-state index contributed by atoms with van der Waals surface area (Å²) in [4.78, 5) is 0.228. The van der Waals surface area contributed by atoms with E-state index >= 15 is 0 Å². The van der Waals surface area contributed by atoms with E-state index in [-0.39, 0.29) is 17.6 Å². The smallest absolute Gasteiger partial charge is 0.246 e. The molecule has 1 saturated heterocycles. The number of sulfonamides is 1. The summed E-state index contributed by atoms with van der Waals surface area (Å²) in [5.74, 6) is 1.97. The van der Waals surface area contributed by atoms with Crippen molar-refractivity contribution in [1.29, 1.82) is 0 Å². The van der Waals surface area contributed by atoms with E-state index in [1.54, 1.807) is 16.4 Å². The van der Waals surface area contributed by atoms with E-state index in [1.165, 1.54) is 7.11 Å². The summed E-state index contributed by atoms with van der Waals surface area (Å²) >= 11 is 0. The van der Waals surface area contributed by atoms with Crippen molar-refractivity contribution in [2.45, 2.75) is 24.2 Å². The minimum absolute atomic E-state index is 0.134. The lowest BCUT2D eigenvalue weighted by atomic mass is 9.98. The van der Waals surface area contributed by atoms with Crippen molar-refractivity contribution in [2.75, 3.05) is 27.0 Å². The zero-order valence-electron chi connectivity index (χ0n) is 14.8. The predicted octanol–water partition coefficient (Wildman–Crippen LogP) is 2.91. The number of hydrogen-bond acceptors (Lipinski definition) is 5. The third-order valence-corrected chi connectivity index (χ3v) is 6.84. The van der Waals surface area contributed by atoms with Crippen LogP contribution in [-0.2, 0) is 10.0 Å². The average molecular weight is 375 g/mol. The van der Waals surface area contributed by atoms with Gasteiger partial charge in [-0.15, -0.1) is 0 Å². The molecule has 0 N–H and O–H groups in total. The number of ether oxygens (including phenoxy) is 3. The summed E-state index contributed by atoms with van der Waals surface area (Å²) in [7, 11) is -2.11. The Balaban J connectivity index is 1.59. The minimum Gasteiger partial charge on any atom is -0.495 e. The molecule has 138 valence electrons. The number of benzene rings is 2. The highest BCUT2D eigenvalue weighted by atomic mass is 32.2. The van der Waals surface area contributed by atoms with Crippen molar-refractivity contribution in [3.8, 4) is 17.2 Å². The van der Waals surface area contributed by atoms with Crippen molar-refractivity contribution in [2.24, 2.45) is 0 Å². The van der Waals surface area contributed by atoms with Gasteiger partial charge in [0.25, 0.3) is 0 Å². The number of rotatable bonds is 4. The van der Waals surface area contributed by atoms with Crippen molar-refractivity contribution >= 4 is 10.0 Å². The van der Waals surface area contributed by atoms with Gasteiger partial charge in [0.1, 0.15) is 10.6 Å². The Morgan fingerprint density at radius 3 is 2.73 bits per heavy atom. The second-order valence-corrected chi connectivity index (χ2v) is 8.52. The van der Waals surface area contributed by atoms with Crippen LogP contribution in [0.25, 0.3) is 0 Å². The first-order valence-corrected chi connectivity index (χ1v) is 9.97. The molecule has 2 aromatic rings. The molecule has 4 rings (SSSR count). The molecule has 2 aromatic carbocycles. The van der Waals surface area contributed by atoms with E-state index in [9.17, 15) is 8.42 Å². The molecule has 2 heterocycles. The highest BCUT2D eigenvalue weighted by molar-refractivity contribution is 7.89. The molecule has 0 bridgehead atoms. The van der Waals surface area contributed by atoms with Gasteiger partial charge in [0.15, 0.2) is 11.5 Å². The molecule has 1 atom stereocenters. The van der Waals surface area contributed by atoms with Crippen molar-refractivity contribution in [3.05, 3.63) is 47.5 Å². The molecule has 1 fully saturated rings. The van der Waals surface area contributed by atoms with Crippen molar-refractivity contribution < 1.29 is 22.6 Å². The molecule has 0 amide bonds. The molecule has 0 radical (unpaired) electrons. The molecule has 0 spiro atoms. The molecule has 6 nitrogen and oxygen atoms in total. The summed E-state index contributed by atoms with van der Waals surface area (Å²) in [5, 5.41) is 0. The van der Waals surface area contributed by atoms with Gasteiger partial charge in [-0.25, -0.2) is 8.42 Å². The Morgan fingerprint density at radius 2 is 1.92 bits per heavy atom.